The zero-order valence-electron chi connectivity index (χ0n) is 14.7. The molecule has 2 aromatic carbocycles. The van der Waals surface area contributed by atoms with E-state index in [9.17, 15) is 5.11 Å². The van der Waals surface area contributed by atoms with E-state index < -0.39 is 0 Å². The third kappa shape index (κ3) is 2.56. The van der Waals surface area contributed by atoms with E-state index in [0.717, 1.165) is 30.1 Å². The van der Waals surface area contributed by atoms with Crippen molar-refractivity contribution < 1.29 is 5.11 Å². The molecule has 1 saturated heterocycles. The number of rotatable bonds is 4. The molecule has 1 aliphatic heterocycles. The topological polar surface area (TPSA) is 45.7 Å². The molecule has 2 aromatic heterocycles. The van der Waals surface area contributed by atoms with Crippen LogP contribution in [-0.2, 0) is 6.54 Å². The first-order valence-corrected chi connectivity index (χ1v) is 9.28. The summed E-state index contributed by atoms with van der Waals surface area (Å²) >= 11 is 0. The van der Waals surface area contributed by atoms with Gasteiger partial charge in [-0.1, -0.05) is 12.1 Å². The van der Waals surface area contributed by atoms with Crippen LogP contribution in [0.25, 0.3) is 28.1 Å². The van der Waals surface area contributed by atoms with Gasteiger partial charge in [-0.3, -0.25) is 4.40 Å². The number of hydrogen-bond acceptors (Lipinski definition) is 3. The van der Waals surface area contributed by atoms with E-state index in [4.69, 9.17) is 4.98 Å². The minimum absolute atomic E-state index is 0.276. The van der Waals surface area contributed by atoms with E-state index in [0.29, 0.717) is 0 Å². The quantitative estimate of drug-likeness (QED) is 0.612. The zero-order valence-corrected chi connectivity index (χ0v) is 14.7. The van der Waals surface area contributed by atoms with Crippen molar-refractivity contribution in [1.29, 1.82) is 0 Å². The van der Waals surface area contributed by atoms with Gasteiger partial charge >= 0.3 is 0 Å². The number of hydrogen-bond donors (Lipinski definition) is 1. The van der Waals surface area contributed by atoms with Gasteiger partial charge in [-0.2, -0.15) is 0 Å². The van der Waals surface area contributed by atoms with Gasteiger partial charge in [-0.15, -0.1) is 0 Å². The Kier molecular flexibility index (Phi) is 3.68. The Labute approximate surface area is 152 Å². The number of phenols is 1. The Morgan fingerprint density at radius 3 is 2.38 bits per heavy atom. The summed E-state index contributed by atoms with van der Waals surface area (Å²) in [4.78, 5) is 7.46. The minimum Gasteiger partial charge on any atom is -0.508 e. The minimum atomic E-state index is 0.276. The predicted octanol–water partition coefficient (Wildman–Crippen LogP) is 3.76. The van der Waals surface area contributed by atoms with Crippen molar-refractivity contribution in [2.45, 2.75) is 19.4 Å². The highest BCUT2D eigenvalue weighted by atomic mass is 16.3. The van der Waals surface area contributed by atoms with Crippen LogP contribution in [0.5, 0.6) is 5.75 Å². The van der Waals surface area contributed by atoms with Crippen LogP contribution in [0.3, 0.4) is 0 Å². The summed E-state index contributed by atoms with van der Waals surface area (Å²) in [6, 6.07) is 15.7. The Balaban J connectivity index is 1.59. The molecule has 0 spiro atoms. The third-order valence-corrected chi connectivity index (χ3v) is 5.36. The lowest BCUT2D eigenvalue weighted by molar-refractivity contribution is 0.325. The summed E-state index contributed by atoms with van der Waals surface area (Å²) in [5.74, 6) is 1.26. The van der Waals surface area contributed by atoms with Crippen molar-refractivity contribution in [3.8, 4) is 17.0 Å². The molecule has 5 heteroatoms. The van der Waals surface area contributed by atoms with Crippen molar-refractivity contribution >= 4 is 16.8 Å². The average Bonchev–Trinajstić information content (AvgIpc) is 3.37. The maximum Gasteiger partial charge on any atom is 0.215 e. The number of fused-ring (bicyclic) bond motifs is 3. The normalized spacial score (nSPS) is 15.4. The molecule has 1 N–H and O–H groups in total. The lowest BCUT2D eigenvalue weighted by Gasteiger charge is -2.15. The highest BCUT2D eigenvalue weighted by Gasteiger charge is 2.16. The highest BCUT2D eigenvalue weighted by Crippen LogP contribution is 2.26. The van der Waals surface area contributed by atoms with Crippen LogP contribution in [0.15, 0.2) is 54.7 Å². The number of benzene rings is 2. The number of aromatic nitrogens is 3. The van der Waals surface area contributed by atoms with Gasteiger partial charge in [0, 0.05) is 24.8 Å². The number of nitrogens with zero attached hydrogens (tertiary/aromatic N) is 4. The second-order valence-electron chi connectivity index (χ2n) is 7.03. The molecule has 0 saturated carbocycles. The fourth-order valence-electron chi connectivity index (χ4n) is 3.98. The van der Waals surface area contributed by atoms with Crippen LogP contribution < -0.4 is 0 Å². The first-order valence-electron chi connectivity index (χ1n) is 9.28. The summed E-state index contributed by atoms with van der Waals surface area (Å²) in [6.45, 7) is 4.43. The summed E-state index contributed by atoms with van der Waals surface area (Å²) < 4.78 is 4.51. The predicted molar refractivity (Wildman–Crippen MR) is 103 cm³/mol. The molecule has 1 fully saturated rings. The van der Waals surface area contributed by atoms with Crippen molar-refractivity contribution in [3.05, 3.63) is 54.7 Å². The largest absolute Gasteiger partial charge is 0.508 e. The van der Waals surface area contributed by atoms with Crippen LogP contribution in [-0.4, -0.2) is 43.6 Å². The van der Waals surface area contributed by atoms with E-state index in [-0.39, 0.29) is 5.75 Å². The maximum absolute atomic E-state index is 9.53. The Morgan fingerprint density at radius 1 is 0.885 bits per heavy atom. The lowest BCUT2D eigenvalue weighted by Crippen LogP contribution is -2.24. The molecule has 5 nitrogen and oxygen atoms in total. The van der Waals surface area contributed by atoms with Crippen LogP contribution in [0.1, 0.15) is 12.8 Å². The fraction of sp³-hybridized carbons (Fsp3) is 0.286. The molecule has 0 aliphatic carbocycles. The number of para-hydroxylation sites is 2. The Bertz CT molecular complexity index is 1050. The number of aromatic hydroxyl groups is 1. The van der Waals surface area contributed by atoms with Gasteiger partial charge in [-0.05, 0) is 62.3 Å². The van der Waals surface area contributed by atoms with Crippen molar-refractivity contribution in [2.75, 3.05) is 19.6 Å². The van der Waals surface area contributed by atoms with E-state index in [1.165, 1.54) is 37.0 Å². The standard InChI is InChI=1S/C21H22N4O/c26-17-9-7-16(8-10-17)18-15-25-20-6-2-1-5-19(20)24(21(25)22-18)14-13-23-11-3-4-12-23/h1-2,5-10,15,26H,3-4,11-14H2. The molecule has 0 amide bonds. The van der Waals surface area contributed by atoms with E-state index in [2.05, 4.69) is 44.3 Å². The number of phenolic OH excluding ortho intramolecular Hbond substituents is 1. The van der Waals surface area contributed by atoms with Crippen LogP contribution in [0.4, 0.5) is 0 Å². The number of imidazole rings is 2. The van der Waals surface area contributed by atoms with E-state index in [1.54, 1.807) is 12.1 Å². The molecule has 3 heterocycles. The molecule has 4 aromatic rings. The summed E-state index contributed by atoms with van der Waals surface area (Å²) in [7, 11) is 0. The van der Waals surface area contributed by atoms with Crippen molar-refractivity contribution in [2.24, 2.45) is 0 Å². The summed E-state index contributed by atoms with van der Waals surface area (Å²) in [5.41, 5.74) is 4.36. The van der Waals surface area contributed by atoms with Gasteiger partial charge in [0.1, 0.15) is 5.75 Å². The van der Waals surface area contributed by atoms with E-state index >= 15 is 0 Å². The SMILES string of the molecule is Oc1ccc(-c2cn3c4ccccc4n(CCN4CCCC4)c3n2)cc1. The first-order chi connectivity index (χ1) is 12.8. The molecular weight excluding hydrogens is 324 g/mol. The molecule has 0 radical (unpaired) electrons. The fourth-order valence-corrected chi connectivity index (χ4v) is 3.98. The molecule has 0 unspecified atom stereocenters. The Morgan fingerprint density at radius 2 is 1.62 bits per heavy atom. The lowest BCUT2D eigenvalue weighted by atomic mass is 10.2. The number of likely N-dealkylation sites (tertiary alicyclic amines) is 1. The second kappa shape index (κ2) is 6.18. The molecule has 5 rings (SSSR count). The molecule has 1 aliphatic rings. The van der Waals surface area contributed by atoms with Crippen LogP contribution in [0, 0.1) is 0 Å². The van der Waals surface area contributed by atoms with Crippen LogP contribution >= 0.6 is 0 Å². The third-order valence-electron chi connectivity index (χ3n) is 5.36. The molecule has 0 bridgehead atoms. The van der Waals surface area contributed by atoms with Crippen LogP contribution in [0.2, 0.25) is 0 Å². The van der Waals surface area contributed by atoms with Gasteiger partial charge < -0.3 is 14.6 Å². The molecule has 132 valence electrons. The highest BCUT2D eigenvalue weighted by molar-refractivity contribution is 5.82. The second-order valence-corrected chi connectivity index (χ2v) is 7.03. The molecule has 26 heavy (non-hydrogen) atoms. The smallest absolute Gasteiger partial charge is 0.215 e. The molecule has 0 atom stereocenters. The average molecular weight is 346 g/mol. The van der Waals surface area contributed by atoms with E-state index in [1.807, 2.05) is 12.1 Å². The van der Waals surface area contributed by atoms with Gasteiger partial charge in [0.05, 0.1) is 16.7 Å². The summed E-state index contributed by atoms with van der Waals surface area (Å²) in [5, 5.41) is 9.53. The Hall–Kier alpha value is -2.79. The maximum atomic E-state index is 9.53. The molecular formula is C21H22N4O. The van der Waals surface area contributed by atoms with Crippen molar-refractivity contribution in [3.63, 3.8) is 0 Å². The zero-order chi connectivity index (χ0) is 17.5. The monoisotopic (exact) mass is 346 g/mol. The van der Waals surface area contributed by atoms with Gasteiger partial charge in [0.15, 0.2) is 0 Å². The van der Waals surface area contributed by atoms with Crippen molar-refractivity contribution in [1.82, 2.24) is 18.9 Å². The van der Waals surface area contributed by atoms with Gasteiger partial charge in [0.2, 0.25) is 5.78 Å². The summed E-state index contributed by atoms with van der Waals surface area (Å²) in [6.07, 6.45) is 4.73. The first kappa shape index (κ1) is 15.5. The van der Waals surface area contributed by atoms with Gasteiger partial charge in [-0.25, -0.2) is 4.98 Å². The van der Waals surface area contributed by atoms with Gasteiger partial charge in [0.25, 0.3) is 0 Å².